The molecule has 0 aromatic carbocycles. The van der Waals surface area contributed by atoms with Crippen LogP contribution in [-0.2, 0) is 0 Å². The lowest BCUT2D eigenvalue weighted by Gasteiger charge is -2.28. The molecule has 0 spiro atoms. The fraction of sp³-hybridized carbons (Fsp3) is 0.615. The molecular formula is C13H18FN3O3. The summed E-state index contributed by atoms with van der Waals surface area (Å²) in [6.45, 7) is 1.88. The summed E-state index contributed by atoms with van der Waals surface area (Å²) in [5, 5.41) is 2.69. The smallest absolute Gasteiger partial charge is 0.335 e. The molecule has 1 aromatic heterocycles. The summed E-state index contributed by atoms with van der Waals surface area (Å²) in [5.41, 5.74) is -2.07. The lowest BCUT2D eigenvalue weighted by atomic mass is 9.85. The molecule has 0 radical (unpaired) electrons. The third kappa shape index (κ3) is 3.15. The Morgan fingerprint density at radius 1 is 1.40 bits per heavy atom. The van der Waals surface area contributed by atoms with Gasteiger partial charge in [-0.2, -0.15) is 4.39 Å². The number of hydrogen-bond acceptors (Lipinski definition) is 3. The summed E-state index contributed by atoms with van der Waals surface area (Å²) in [6.07, 6.45) is 6.18. The topological polar surface area (TPSA) is 84.0 Å². The van der Waals surface area contributed by atoms with E-state index in [4.69, 9.17) is 0 Å². The second-order valence-electron chi connectivity index (χ2n) is 5.24. The van der Waals surface area contributed by atoms with E-state index in [1.54, 1.807) is 4.98 Å². The number of amides is 1. The lowest BCUT2D eigenvalue weighted by Crippen LogP contribution is -2.46. The summed E-state index contributed by atoms with van der Waals surface area (Å²) in [5.74, 6) is -0.791. The molecule has 1 aromatic rings. The quantitative estimate of drug-likeness (QED) is 0.855. The third-order valence-corrected chi connectivity index (χ3v) is 3.83. The van der Waals surface area contributed by atoms with E-state index < -0.39 is 23.1 Å². The van der Waals surface area contributed by atoms with Gasteiger partial charge >= 0.3 is 11.7 Å². The Morgan fingerprint density at radius 2 is 2.05 bits per heavy atom. The Bertz CT molecular complexity index is 602. The van der Waals surface area contributed by atoms with Crippen LogP contribution < -0.4 is 16.6 Å². The van der Waals surface area contributed by atoms with Crippen molar-refractivity contribution in [2.75, 3.05) is 0 Å². The van der Waals surface area contributed by atoms with Gasteiger partial charge in [0.1, 0.15) is 0 Å². The highest BCUT2D eigenvalue weighted by molar-refractivity contribution is 5.76. The minimum Gasteiger partial charge on any atom is -0.335 e. The van der Waals surface area contributed by atoms with Gasteiger partial charge in [-0.05, 0) is 25.7 Å². The predicted molar refractivity (Wildman–Crippen MR) is 71.2 cm³/mol. The summed E-state index contributed by atoms with van der Waals surface area (Å²) in [7, 11) is 0. The zero-order valence-corrected chi connectivity index (χ0v) is 11.3. The molecule has 2 N–H and O–H groups in total. The zero-order valence-electron chi connectivity index (χ0n) is 11.3. The van der Waals surface area contributed by atoms with Crippen molar-refractivity contribution in [3.8, 4) is 0 Å². The first-order valence-electron chi connectivity index (χ1n) is 6.81. The molecule has 1 aliphatic carbocycles. The average molecular weight is 283 g/mol. The molecule has 1 saturated carbocycles. The van der Waals surface area contributed by atoms with Gasteiger partial charge in [-0.3, -0.25) is 9.78 Å². The number of carbonyl (C=O) groups excluding carboxylic acids is 1. The van der Waals surface area contributed by atoms with Crippen LogP contribution in [-0.4, -0.2) is 21.6 Å². The number of rotatable bonds is 2. The van der Waals surface area contributed by atoms with Gasteiger partial charge in [-0.1, -0.05) is 19.3 Å². The van der Waals surface area contributed by atoms with E-state index in [2.05, 4.69) is 5.32 Å². The van der Waals surface area contributed by atoms with Crippen LogP contribution in [0.5, 0.6) is 0 Å². The predicted octanol–water partition coefficient (Wildman–Crippen LogP) is 1.20. The first-order valence-corrected chi connectivity index (χ1v) is 6.81. The number of aromatic nitrogens is 2. The monoisotopic (exact) mass is 283 g/mol. The highest BCUT2D eigenvalue weighted by Crippen LogP contribution is 2.26. The van der Waals surface area contributed by atoms with E-state index in [-0.39, 0.29) is 6.04 Å². The second-order valence-corrected chi connectivity index (χ2v) is 5.24. The highest BCUT2D eigenvalue weighted by Gasteiger charge is 2.22. The Morgan fingerprint density at radius 3 is 2.70 bits per heavy atom. The summed E-state index contributed by atoms with van der Waals surface area (Å²) >= 11 is 0. The molecular weight excluding hydrogens is 265 g/mol. The molecule has 2 rings (SSSR count). The molecule has 1 unspecified atom stereocenters. The molecule has 1 heterocycles. The number of nitrogens with one attached hydrogen (secondary N) is 2. The third-order valence-electron chi connectivity index (χ3n) is 3.83. The molecule has 0 saturated heterocycles. The molecule has 20 heavy (non-hydrogen) atoms. The van der Waals surface area contributed by atoms with Crippen molar-refractivity contribution in [2.45, 2.75) is 45.1 Å². The molecule has 1 aliphatic rings. The van der Waals surface area contributed by atoms with Gasteiger partial charge in [0.2, 0.25) is 5.82 Å². The molecule has 7 heteroatoms. The summed E-state index contributed by atoms with van der Waals surface area (Å²) in [4.78, 5) is 36.1. The van der Waals surface area contributed by atoms with E-state index in [9.17, 15) is 18.8 Å². The molecule has 110 valence electrons. The Kier molecular flexibility index (Phi) is 4.36. The largest absolute Gasteiger partial charge is 0.336 e. The van der Waals surface area contributed by atoms with Gasteiger partial charge in [-0.15, -0.1) is 0 Å². The number of aromatic amines is 1. The van der Waals surface area contributed by atoms with E-state index in [0.29, 0.717) is 16.7 Å². The van der Waals surface area contributed by atoms with Crippen LogP contribution in [0, 0.1) is 11.7 Å². The van der Waals surface area contributed by atoms with Crippen LogP contribution in [0.1, 0.15) is 39.0 Å². The average Bonchev–Trinajstić information content (AvgIpc) is 2.43. The maximum atomic E-state index is 13.1. The number of H-pyrrole nitrogens is 1. The van der Waals surface area contributed by atoms with Gasteiger partial charge < -0.3 is 5.32 Å². The zero-order chi connectivity index (χ0) is 14.7. The lowest BCUT2D eigenvalue weighted by molar-refractivity contribution is 0.225. The van der Waals surface area contributed by atoms with Crippen LogP contribution in [0.15, 0.2) is 15.8 Å². The minimum absolute atomic E-state index is 0.0929. The van der Waals surface area contributed by atoms with E-state index >= 15 is 0 Å². The summed E-state index contributed by atoms with van der Waals surface area (Å²) in [6, 6.07) is -0.812. The number of halogens is 1. The van der Waals surface area contributed by atoms with Crippen LogP contribution in [0.4, 0.5) is 9.18 Å². The van der Waals surface area contributed by atoms with Crippen molar-refractivity contribution in [2.24, 2.45) is 5.92 Å². The molecule has 0 bridgehead atoms. The van der Waals surface area contributed by atoms with Crippen LogP contribution in [0.2, 0.25) is 0 Å². The number of carbonyl (C=O) groups is 1. The second kappa shape index (κ2) is 6.02. The first kappa shape index (κ1) is 14.5. The van der Waals surface area contributed by atoms with Gasteiger partial charge in [0, 0.05) is 6.04 Å². The standard InChI is InChI=1S/C13H18FN3O3/c1-8(9-5-3-2-4-6-9)15-12(19)17-7-10(14)11(18)16-13(17)20/h7-9H,2-6H2,1H3,(H,15,19)(H,16,18,20). The SMILES string of the molecule is CC(NC(=O)n1cc(F)c(=O)[nH]c1=O)C1CCCCC1. The highest BCUT2D eigenvalue weighted by atomic mass is 19.1. The van der Waals surface area contributed by atoms with Crippen molar-refractivity contribution in [3.05, 3.63) is 32.9 Å². The maximum Gasteiger partial charge on any atom is 0.336 e. The van der Waals surface area contributed by atoms with Crippen LogP contribution >= 0.6 is 0 Å². The number of nitrogens with zero attached hydrogens (tertiary/aromatic N) is 1. The van der Waals surface area contributed by atoms with Crippen molar-refractivity contribution in [1.29, 1.82) is 0 Å². The fourth-order valence-electron chi connectivity index (χ4n) is 2.61. The van der Waals surface area contributed by atoms with Crippen molar-refractivity contribution < 1.29 is 9.18 Å². The normalized spacial score (nSPS) is 17.7. The van der Waals surface area contributed by atoms with Gasteiger partial charge in [-0.25, -0.2) is 14.2 Å². The van der Waals surface area contributed by atoms with Crippen molar-refractivity contribution in [1.82, 2.24) is 14.9 Å². The molecule has 1 fully saturated rings. The van der Waals surface area contributed by atoms with Crippen LogP contribution in [0.25, 0.3) is 0 Å². The fourth-order valence-corrected chi connectivity index (χ4v) is 2.61. The Balaban J connectivity index is 2.10. The molecule has 0 aliphatic heterocycles. The molecule has 6 nitrogen and oxygen atoms in total. The number of hydrogen-bond donors (Lipinski definition) is 2. The van der Waals surface area contributed by atoms with Gasteiger partial charge in [0.15, 0.2) is 0 Å². The van der Waals surface area contributed by atoms with E-state index in [1.807, 2.05) is 6.92 Å². The summed E-state index contributed by atoms with van der Waals surface area (Å²) < 4.78 is 13.7. The first-order chi connectivity index (χ1) is 9.49. The maximum absolute atomic E-state index is 13.1. The van der Waals surface area contributed by atoms with Gasteiger partial charge in [0.05, 0.1) is 6.20 Å². The van der Waals surface area contributed by atoms with E-state index in [0.717, 1.165) is 25.7 Å². The van der Waals surface area contributed by atoms with Crippen molar-refractivity contribution >= 4 is 6.03 Å². The van der Waals surface area contributed by atoms with E-state index in [1.165, 1.54) is 6.42 Å². The molecule has 1 amide bonds. The van der Waals surface area contributed by atoms with Gasteiger partial charge in [0.25, 0.3) is 5.56 Å². The molecule has 1 atom stereocenters. The minimum atomic E-state index is -1.16. The Labute approximate surface area is 115 Å². The van der Waals surface area contributed by atoms with Crippen molar-refractivity contribution in [3.63, 3.8) is 0 Å². The van der Waals surface area contributed by atoms with Crippen LogP contribution in [0.3, 0.4) is 0 Å². The Hall–Kier alpha value is -1.92.